The second kappa shape index (κ2) is 6.27. The monoisotopic (exact) mass is 222 g/mol. The molecule has 0 aromatic carbocycles. The predicted molar refractivity (Wildman–Crippen MR) is 70.3 cm³/mol. The Bertz CT molecular complexity index is 244. The first kappa shape index (κ1) is 13.5. The van der Waals surface area contributed by atoms with E-state index in [4.69, 9.17) is 6.42 Å². The molecule has 1 heterocycles. The van der Waals surface area contributed by atoms with Gasteiger partial charge in [0, 0.05) is 18.6 Å². The lowest BCUT2D eigenvalue weighted by Gasteiger charge is -2.45. The lowest BCUT2D eigenvalue weighted by Crippen LogP contribution is -2.55. The fourth-order valence-electron chi connectivity index (χ4n) is 2.83. The van der Waals surface area contributed by atoms with Crippen molar-refractivity contribution in [2.45, 2.75) is 58.7 Å². The zero-order valence-corrected chi connectivity index (χ0v) is 11.2. The Balaban J connectivity index is 2.64. The lowest BCUT2D eigenvalue weighted by molar-refractivity contribution is 0.0648. The Morgan fingerprint density at radius 3 is 2.62 bits per heavy atom. The van der Waals surface area contributed by atoms with Gasteiger partial charge in [0.1, 0.15) is 0 Å². The van der Waals surface area contributed by atoms with Gasteiger partial charge in [-0.1, -0.05) is 26.7 Å². The number of terminal acetylenes is 1. The molecule has 1 aliphatic heterocycles. The van der Waals surface area contributed by atoms with Crippen LogP contribution in [0.2, 0.25) is 0 Å². The molecule has 0 aliphatic carbocycles. The molecule has 0 radical (unpaired) electrons. The van der Waals surface area contributed by atoms with E-state index in [1.807, 2.05) is 0 Å². The summed E-state index contributed by atoms with van der Waals surface area (Å²) in [5.41, 5.74) is 0. The molecule has 0 amide bonds. The van der Waals surface area contributed by atoms with Crippen molar-refractivity contribution in [1.82, 2.24) is 10.2 Å². The van der Waals surface area contributed by atoms with Gasteiger partial charge in [-0.25, -0.2) is 0 Å². The van der Waals surface area contributed by atoms with Crippen LogP contribution in [0.25, 0.3) is 0 Å². The molecule has 4 atom stereocenters. The van der Waals surface area contributed by atoms with Gasteiger partial charge >= 0.3 is 0 Å². The van der Waals surface area contributed by atoms with Gasteiger partial charge in [-0.3, -0.25) is 4.90 Å². The fraction of sp³-hybridized carbons (Fsp3) is 0.857. The van der Waals surface area contributed by atoms with Crippen LogP contribution in [0, 0.1) is 18.3 Å². The summed E-state index contributed by atoms with van der Waals surface area (Å²) in [6.45, 7) is 11.2. The van der Waals surface area contributed by atoms with E-state index in [1.165, 1.54) is 6.42 Å². The van der Waals surface area contributed by atoms with Crippen molar-refractivity contribution < 1.29 is 0 Å². The first-order valence-corrected chi connectivity index (χ1v) is 6.60. The minimum Gasteiger partial charge on any atom is -0.314 e. The molecule has 1 rings (SSSR count). The van der Waals surface area contributed by atoms with Crippen molar-refractivity contribution in [2.24, 2.45) is 5.92 Å². The Morgan fingerprint density at radius 2 is 2.12 bits per heavy atom. The van der Waals surface area contributed by atoms with E-state index >= 15 is 0 Å². The van der Waals surface area contributed by atoms with Gasteiger partial charge < -0.3 is 5.32 Å². The Morgan fingerprint density at radius 1 is 1.44 bits per heavy atom. The van der Waals surface area contributed by atoms with Gasteiger partial charge in [-0.2, -0.15) is 0 Å². The first-order valence-electron chi connectivity index (χ1n) is 6.60. The topological polar surface area (TPSA) is 15.3 Å². The summed E-state index contributed by atoms with van der Waals surface area (Å²) in [7, 11) is 0. The standard InChI is InChI=1S/C14H26N2/c1-6-13(7-2)16-10-9-14(15-8-3)11(4)12(16)5/h1,11-15H,7-10H2,2-5H3. The van der Waals surface area contributed by atoms with E-state index in [0.717, 1.165) is 19.5 Å². The maximum absolute atomic E-state index is 5.61. The summed E-state index contributed by atoms with van der Waals surface area (Å²) >= 11 is 0. The second-order valence-electron chi connectivity index (χ2n) is 4.88. The van der Waals surface area contributed by atoms with Crippen LogP contribution in [0.4, 0.5) is 0 Å². The highest BCUT2D eigenvalue weighted by Crippen LogP contribution is 2.26. The van der Waals surface area contributed by atoms with Crippen LogP contribution in [0.15, 0.2) is 0 Å². The van der Waals surface area contributed by atoms with Crippen LogP contribution in [-0.2, 0) is 0 Å². The summed E-state index contributed by atoms with van der Waals surface area (Å²) in [6.07, 6.45) is 7.88. The second-order valence-corrected chi connectivity index (χ2v) is 4.88. The summed E-state index contributed by atoms with van der Waals surface area (Å²) in [5.74, 6) is 3.60. The fourth-order valence-corrected chi connectivity index (χ4v) is 2.83. The molecule has 4 unspecified atom stereocenters. The molecule has 0 spiro atoms. The molecule has 1 saturated heterocycles. The van der Waals surface area contributed by atoms with Gasteiger partial charge in [0.2, 0.25) is 0 Å². The number of piperidine rings is 1. The van der Waals surface area contributed by atoms with Crippen LogP contribution in [0.1, 0.15) is 40.5 Å². The summed E-state index contributed by atoms with van der Waals surface area (Å²) in [4.78, 5) is 2.50. The average Bonchev–Trinajstić information content (AvgIpc) is 2.29. The molecule has 92 valence electrons. The molecular weight excluding hydrogens is 196 g/mol. The predicted octanol–water partition coefficient (Wildman–Crippen LogP) is 2.11. The van der Waals surface area contributed by atoms with E-state index in [9.17, 15) is 0 Å². The highest BCUT2D eigenvalue weighted by molar-refractivity contribution is 5.03. The van der Waals surface area contributed by atoms with Crippen molar-refractivity contribution in [2.75, 3.05) is 13.1 Å². The van der Waals surface area contributed by atoms with Crippen molar-refractivity contribution in [1.29, 1.82) is 0 Å². The highest BCUT2D eigenvalue weighted by atomic mass is 15.2. The molecule has 1 N–H and O–H groups in total. The lowest BCUT2D eigenvalue weighted by atomic mass is 9.85. The maximum Gasteiger partial charge on any atom is 0.0711 e. The number of hydrogen-bond acceptors (Lipinski definition) is 2. The summed E-state index contributed by atoms with van der Waals surface area (Å²) in [6, 6.07) is 1.56. The van der Waals surface area contributed by atoms with E-state index in [-0.39, 0.29) is 0 Å². The molecule has 2 heteroatoms. The molecule has 1 aliphatic rings. The third kappa shape index (κ3) is 2.78. The van der Waals surface area contributed by atoms with Crippen LogP contribution in [-0.4, -0.2) is 36.1 Å². The molecule has 16 heavy (non-hydrogen) atoms. The van der Waals surface area contributed by atoms with Gasteiger partial charge in [0.25, 0.3) is 0 Å². The number of hydrogen-bond donors (Lipinski definition) is 1. The quantitative estimate of drug-likeness (QED) is 0.733. The third-order valence-electron chi connectivity index (χ3n) is 4.06. The van der Waals surface area contributed by atoms with Crippen LogP contribution in [0.5, 0.6) is 0 Å². The summed E-state index contributed by atoms with van der Waals surface area (Å²) < 4.78 is 0. The zero-order chi connectivity index (χ0) is 12.1. The van der Waals surface area contributed by atoms with Crippen LogP contribution in [0.3, 0.4) is 0 Å². The molecule has 0 saturated carbocycles. The molecule has 1 fully saturated rings. The minimum absolute atomic E-state index is 0.319. The number of nitrogens with one attached hydrogen (secondary N) is 1. The third-order valence-corrected chi connectivity index (χ3v) is 4.06. The molecule has 0 aromatic rings. The average molecular weight is 222 g/mol. The van der Waals surface area contributed by atoms with Crippen molar-refractivity contribution in [3.8, 4) is 12.3 Å². The minimum atomic E-state index is 0.319. The maximum atomic E-state index is 5.61. The van der Waals surface area contributed by atoms with Crippen molar-refractivity contribution in [3.63, 3.8) is 0 Å². The molecule has 0 bridgehead atoms. The number of rotatable bonds is 4. The van der Waals surface area contributed by atoms with Gasteiger partial charge in [-0.05, 0) is 32.2 Å². The zero-order valence-electron chi connectivity index (χ0n) is 11.2. The molecule has 0 aromatic heterocycles. The Labute approximate surface area is 101 Å². The van der Waals surface area contributed by atoms with Crippen molar-refractivity contribution >= 4 is 0 Å². The van der Waals surface area contributed by atoms with E-state index < -0.39 is 0 Å². The molecule has 2 nitrogen and oxygen atoms in total. The van der Waals surface area contributed by atoms with Crippen LogP contribution < -0.4 is 5.32 Å². The Hall–Kier alpha value is -0.520. The Kier molecular flexibility index (Phi) is 5.31. The largest absolute Gasteiger partial charge is 0.314 e. The SMILES string of the molecule is C#CC(CC)N1CCC(NCC)C(C)C1C. The van der Waals surface area contributed by atoms with E-state index in [1.54, 1.807) is 0 Å². The molecular formula is C14H26N2. The normalized spacial score (nSPS) is 33.3. The van der Waals surface area contributed by atoms with E-state index in [0.29, 0.717) is 24.0 Å². The van der Waals surface area contributed by atoms with Gasteiger partial charge in [0.05, 0.1) is 6.04 Å². The van der Waals surface area contributed by atoms with Crippen molar-refractivity contribution in [3.05, 3.63) is 0 Å². The summed E-state index contributed by atoms with van der Waals surface area (Å²) in [5, 5.41) is 3.58. The number of nitrogens with zero attached hydrogens (tertiary/aromatic N) is 1. The smallest absolute Gasteiger partial charge is 0.0711 e. The van der Waals surface area contributed by atoms with Gasteiger partial charge in [0.15, 0.2) is 0 Å². The van der Waals surface area contributed by atoms with E-state index in [2.05, 4.69) is 43.8 Å². The highest BCUT2D eigenvalue weighted by Gasteiger charge is 2.34. The number of likely N-dealkylation sites (tertiary alicyclic amines) is 1. The first-order chi connectivity index (χ1) is 7.65. The van der Waals surface area contributed by atoms with Crippen LogP contribution >= 0.6 is 0 Å². The van der Waals surface area contributed by atoms with Gasteiger partial charge in [-0.15, -0.1) is 6.42 Å².